The zero-order valence-electron chi connectivity index (χ0n) is 17.1. The molecule has 2 aliphatic rings. The predicted molar refractivity (Wildman–Crippen MR) is 110 cm³/mol. The summed E-state index contributed by atoms with van der Waals surface area (Å²) in [6.07, 6.45) is 0.454. The fourth-order valence-corrected chi connectivity index (χ4v) is 4.00. The molecule has 4 amide bonds. The molecule has 2 saturated heterocycles. The summed E-state index contributed by atoms with van der Waals surface area (Å²) < 4.78 is 0. The topological polar surface area (TPSA) is 85.0 Å². The molecule has 9 heteroatoms. The number of carbonyl (C=O) groups is 3. The standard InChI is InChI=1S/C20H28ClN5O3/c1-4-20(3)18(28)26(19(29)22-20)23-17(27)13-24-9-11-25(12-10-24)14(2)15-7-5-6-8-16(15)21/h5-8,14H,4,9-13H2,1-3H3,(H,22,29)(H,23,27). The van der Waals surface area contributed by atoms with E-state index in [4.69, 9.17) is 11.6 Å². The first kappa shape index (κ1) is 21.5. The van der Waals surface area contributed by atoms with Gasteiger partial charge in [0.05, 0.1) is 6.54 Å². The van der Waals surface area contributed by atoms with Crippen molar-refractivity contribution in [1.82, 2.24) is 25.6 Å². The number of piperazine rings is 1. The number of rotatable bonds is 6. The van der Waals surface area contributed by atoms with Gasteiger partial charge in [-0.2, -0.15) is 5.01 Å². The Kier molecular flexibility index (Phi) is 6.45. The molecule has 2 heterocycles. The molecule has 158 valence electrons. The minimum Gasteiger partial charge on any atom is -0.322 e. The van der Waals surface area contributed by atoms with Crippen molar-refractivity contribution < 1.29 is 14.4 Å². The predicted octanol–water partition coefficient (Wildman–Crippen LogP) is 1.77. The van der Waals surface area contributed by atoms with E-state index < -0.39 is 17.5 Å². The van der Waals surface area contributed by atoms with E-state index in [-0.39, 0.29) is 18.5 Å². The number of urea groups is 1. The fourth-order valence-electron chi connectivity index (χ4n) is 3.71. The Balaban J connectivity index is 1.50. The van der Waals surface area contributed by atoms with Crippen LogP contribution in [0, 0.1) is 0 Å². The Hall–Kier alpha value is -2.16. The van der Waals surface area contributed by atoms with E-state index in [0.29, 0.717) is 6.42 Å². The maximum atomic E-state index is 12.4. The molecular weight excluding hydrogens is 394 g/mol. The molecule has 29 heavy (non-hydrogen) atoms. The van der Waals surface area contributed by atoms with Crippen molar-refractivity contribution >= 4 is 29.4 Å². The minimum absolute atomic E-state index is 0.133. The monoisotopic (exact) mass is 421 g/mol. The second kappa shape index (κ2) is 8.69. The molecule has 0 bridgehead atoms. The quantitative estimate of drug-likeness (QED) is 0.684. The summed E-state index contributed by atoms with van der Waals surface area (Å²) in [6, 6.07) is 7.44. The lowest BCUT2D eigenvalue weighted by atomic mass is 10.00. The van der Waals surface area contributed by atoms with Crippen molar-refractivity contribution in [3.8, 4) is 0 Å². The highest BCUT2D eigenvalue weighted by atomic mass is 35.5. The van der Waals surface area contributed by atoms with Crippen LogP contribution in [0.25, 0.3) is 0 Å². The molecular formula is C20H28ClN5O3. The van der Waals surface area contributed by atoms with Gasteiger partial charge >= 0.3 is 6.03 Å². The van der Waals surface area contributed by atoms with E-state index in [2.05, 4.69) is 22.6 Å². The van der Waals surface area contributed by atoms with Crippen LogP contribution in [-0.4, -0.2) is 70.9 Å². The highest BCUT2D eigenvalue weighted by molar-refractivity contribution is 6.31. The first-order valence-corrected chi connectivity index (χ1v) is 10.3. The smallest absolute Gasteiger partial charge is 0.322 e. The fraction of sp³-hybridized carbons (Fsp3) is 0.550. The molecule has 8 nitrogen and oxygen atoms in total. The Morgan fingerprint density at radius 3 is 2.48 bits per heavy atom. The highest BCUT2D eigenvalue weighted by Crippen LogP contribution is 2.27. The van der Waals surface area contributed by atoms with Crippen LogP contribution in [0.2, 0.25) is 5.02 Å². The molecule has 1 aromatic rings. The van der Waals surface area contributed by atoms with Crippen LogP contribution in [0.1, 0.15) is 38.8 Å². The molecule has 2 unspecified atom stereocenters. The third kappa shape index (κ3) is 4.55. The first-order chi connectivity index (χ1) is 13.7. The van der Waals surface area contributed by atoms with Crippen LogP contribution in [-0.2, 0) is 9.59 Å². The van der Waals surface area contributed by atoms with E-state index in [1.54, 1.807) is 6.92 Å². The maximum Gasteiger partial charge on any atom is 0.344 e. The zero-order chi connectivity index (χ0) is 21.2. The Morgan fingerprint density at radius 2 is 1.90 bits per heavy atom. The largest absolute Gasteiger partial charge is 0.344 e. The van der Waals surface area contributed by atoms with Crippen LogP contribution >= 0.6 is 11.6 Å². The summed E-state index contributed by atoms with van der Waals surface area (Å²) in [5, 5.41) is 4.17. The number of nitrogens with zero attached hydrogens (tertiary/aromatic N) is 3. The van der Waals surface area contributed by atoms with Gasteiger partial charge in [-0.15, -0.1) is 0 Å². The normalized spacial score (nSPS) is 24.5. The second-order valence-corrected chi connectivity index (χ2v) is 8.21. The van der Waals surface area contributed by atoms with E-state index in [1.807, 2.05) is 36.1 Å². The minimum atomic E-state index is -0.967. The number of hydrogen-bond acceptors (Lipinski definition) is 5. The van der Waals surface area contributed by atoms with Gasteiger partial charge in [0.2, 0.25) is 0 Å². The number of amides is 4. The number of hydrazine groups is 1. The maximum absolute atomic E-state index is 12.4. The van der Waals surface area contributed by atoms with Gasteiger partial charge in [-0.25, -0.2) is 4.79 Å². The average molecular weight is 422 g/mol. The summed E-state index contributed by atoms with van der Waals surface area (Å²) in [7, 11) is 0. The van der Waals surface area contributed by atoms with Gasteiger partial charge < -0.3 is 5.32 Å². The number of hydrogen-bond donors (Lipinski definition) is 2. The lowest BCUT2D eigenvalue weighted by Crippen LogP contribution is -2.54. The van der Waals surface area contributed by atoms with E-state index in [0.717, 1.165) is 41.8 Å². The third-order valence-electron chi connectivity index (χ3n) is 5.88. The molecule has 0 saturated carbocycles. The number of benzene rings is 1. The molecule has 0 aromatic heterocycles. The summed E-state index contributed by atoms with van der Waals surface area (Å²) >= 11 is 6.32. The van der Waals surface area contributed by atoms with Gasteiger partial charge in [0, 0.05) is 37.2 Å². The molecule has 1 aromatic carbocycles. The van der Waals surface area contributed by atoms with Gasteiger partial charge in [-0.1, -0.05) is 36.7 Å². The summed E-state index contributed by atoms with van der Waals surface area (Å²) in [4.78, 5) is 41.1. The van der Waals surface area contributed by atoms with Crippen molar-refractivity contribution in [2.24, 2.45) is 0 Å². The molecule has 2 N–H and O–H groups in total. The van der Waals surface area contributed by atoms with Gasteiger partial charge in [-0.3, -0.25) is 24.8 Å². The van der Waals surface area contributed by atoms with Crippen LogP contribution in [0.3, 0.4) is 0 Å². The summed E-state index contributed by atoms with van der Waals surface area (Å²) in [5.41, 5.74) is 2.57. The lowest BCUT2D eigenvalue weighted by molar-refractivity contribution is -0.139. The van der Waals surface area contributed by atoms with E-state index >= 15 is 0 Å². The SMILES string of the molecule is CCC1(C)NC(=O)N(NC(=O)CN2CCN(C(C)c3ccccc3Cl)CC2)C1=O. The first-order valence-electron chi connectivity index (χ1n) is 9.92. The summed E-state index contributed by atoms with van der Waals surface area (Å²) in [6.45, 7) is 8.77. The number of nitrogens with one attached hydrogen (secondary N) is 2. The van der Waals surface area contributed by atoms with Gasteiger partial charge in [0.25, 0.3) is 11.8 Å². The molecule has 2 fully saturated rings. The molecule has 0 radical (unpaired) electrons. The summed E-state index contributed by atoms with van der Waals surface area (Å²) in [5.74, 6) is -0.807. The van der Waals surface area contributed by atoms with Crippen molar-refractivity contribution in [3.63, 3.8) is 0 Å². The van der Waals surface area contributed by atoms with Gasteiger partial charge in [0.15, 0.2) is 0 Å². The molecule has 2 atom stereocenters. The van der Waals surface area contributed by atoms with Crippen molar-refractivity contribution in [3.05, 3.63) is 34.9 Å². The Morgan fingerprint density at radius 1 is 1.24 bits per heavy atom. The van der Waals surface area contributed by atoms with Gasteiger partial charge in [0.1, 0.15) is 5.54 Å². The molecule has 0 aliphatic carbocycles. The van der Waals surface area contributed by atoms with E-state index in [9.17, 15) is 14.4 Å². The van der Waals surface area contributed by atoms with Crippen LogP contribution in [0.5, 0.6) is 0 Å². The Labute approximate surface area is 176 Å². The number of imide groups is 1. The molecule has 3 rings (SSSR count). The van der Waals surface area contributed by atoms with Gasteiger partial charge in [-0.05, 0) is 31.9 Å². The lowest BCUT2D eigenvalue weighted by Gasteiger charge is -2.38. The molecule has 0 spiro atoms. The van der Waals surface area contributed by atoms with Crippen LogP contribution < -0.4 is 10.7 Å². The van der Waals surface area contributed by atoms with Crippen molar-refractivity contribution in [2.45, 2.75) is 38.8 Å². The second-order valence-electron chi connectivity index (χ2n) is 7.80. The van der Waals surface area contributed by atoms with Crippen molar-refractivity contribution in [1.29, 1.82) is 0 Å². The van der Waals surface area contributed by atoms with Crippen molar-refractivity contribution in [2.75, 3.05) is 32.7 Å². The highest BCUT2D eigenvalue weighted by Gasteiger charge is 2.47. The third-order valence-corrected chi connectivity index (χ3v) is 6.23. The van der Waals surface area contributed by atoms with Crippen LogP contribution in [0.4, 0.5) is 4.79 Å². The number of halogens is 1. The average Bonchev–Trinajstić information content (AvgIpc) is 2.92. The Bertz CT molecular complexity index is 796. The van der Waals surface area contributed by atoms with Crippen LogP contribution in [0.15, 0.2) is 24.3 Å². The number of carbonyl (C=O) groups excluding carboxylic acids is 3. The molecule has 2 aliphatic heterocycles. The zero-order valence-corrected chi connectivity index (χ0v) is 17.8. The van der Waals surface area contributed by atoms with E-state index in [1.165, 1.54) is 0 Å².